The number of carboxylic acids is 1. The number of nitrogens with one attached hydrogen (secondary N) is 3. The minimum atomic E-state index is -0.921. The summed E-state index contributed by atoms with van der Waals surface area (Å²) in [5.74, 6) is -1.25. The number of hydrogen-bond donors (Lipinski definition) is 4. The number of nitrogens with zero attached hydrogens (tertiary/aromatic N) is 1. The number of rotatable bonds is 10. The Bertz CT molecular complexity index is 1380. The van der Waals surface area contributed by atoms with Crippen molar-refractivity contribution in [3.05, 3.63) is 120 Å². The number of aliphatic carboxylic acids is 1. The van der Waals surface area contributed by atoms with E-state index in [4.69, 9.17) is 0 Å². The Labute approximate surface area is 224 Å². The average molecular weight is 527 g/mol. The van der Waals surface area contributed by atoms with E-state index in [-0.39, 0.29) is 23.6 Å². The summed E-state index contributed by atoms with van der Waals surface area (Å²) in [4.78, 5) is 41.5. The van der Waals surface area contributed by atoms with Crippen LogP contribution in [0.5, 0.6) is 0 Å². The lowest BCUT2D eigenvalue weighted by molar-refractivity contribution is -0.137. The van der Waals surface area contributed by atoms with Gasteiger partial charge < -0.3 is 21.1 Å². The molecular weight excluding hydrogens is 500 g/mol. The van der Waals surface area contributed by atoms with E-state index in [1.807, 2.05) is 48.5 Å². The second-order valence-corrected chi connectivity index (χ2v) is 9.56. The first-order valence-electron chi connectivity index (χ1n) is 11.9. The summed E-state index contributed by atoms with van der Waals surface area (Å²) >= 11 is 1.36. The Hall–Kier alpha value is -4.63. The second kappa shape index (κ2) is 13.1. The molecule has 0 fully saturated rings. The van der Waals surface area contributed by atoms with E-state index in [1.54, 1.807) is 54.9 Å². The summed E-state index contributed by atoms with van der Waals surface area (Å²) in [5.41, 5.74) is 3.31. The molecule has 192 valence electrons. The Morgan fingerprint density at radius 1 is 0.842 bits per heavy atom. The summed E-state index contributed by atoms with van der Waals surface area (Å²) in [7, 11) is 0. The number of thioether (sulfide) groups is 1. The molecule has 0 aliphatic carbocycles. The van der Waals surface area contributed by atoms with Crippen LogP contribution in [0, 0.1) is 0 Å². The molecule has 3 amide bonds. The van der Waals surface area contributed by atoms with Crippen LogP contribution >= 0.6 is 11.8 Å². The molecule has 4 aromatic rings. The van der Waals surface area contributed by atoms with Crippen LogP contribution in [-0.4, -0.2) is 28.0 Å². The number of hydrogen-bond acceptors (Lipinski definition) is 5. The van der Waals surface area contributed by atoms with Gasteiger partial charge in [0.25, 0.3) is 5.91 Å². The minimum absolute atomic E-state index is 0.0912. The quantitative estimate of drug-likeness (QED) is 0.189. The molecule has 1 aromatic heterocycles. The van der Waals surface area contributed by atoms with Crippen molar-refractivity contribution in [2.45, 2.75) is 23.1 Å². The molecule has 0 radical (unpaired) electrons. The number of carbonyl (C=O) groups is 3. The number of anilines is 2. The molecule has 0 saturated carbocycles. The maximum Gasteiger partial charge on any atom is 0.319 e. The topological polar surface area (TPSA) is 120 Å². The summed E-state index contributed by atoms with van der Waals surface area (Å²) < 4.78 is 0. The van der Waals surface area contributed by atoms with Gasteiger partial charge in [0.05, 0.1) is 12.1 Å². The van der Waals surface area contributed by atoms with Crippen molar-refractivity contribution in [1.29, 1.82) is 0 Å². The molecule has 38 heavy (non-hydrogen) atoms. The fraction of sp³-hybridized carbons (Fsp3) is 0.103. The predicted octanol–water partition coefficient (Wildman–Crippen LogP) is 5.96. The second-order valence-electron chi connectivity index (χ2n) is 8.31. The van der Waals surface area contributed by atoms with Crippen LogP contribution < -0.4 is 16.0 Å². The zero-order valence-corrected chi connectivity index (χ0v) is 21.2. The number of urea groups is 1. The zero-order valence-electron chi connectivity index (χ0n) is 20.3. The Balaban J connectivity index is 1.38. The normalized spacial score (nSPS) is 11.3. The maximum absolute atomic E-state index is 13.0. The summed E-state index contributed by atoms with van der Waals surface area (Å²) in [5, 5.41) is 17.5. The van der Waals surface area contributed by atoms with Gasteiger partial charge in [0, 0.05) is 40.3 Å². The lowest BCUT2D eigenvalue weighted by Gasteiger charge is -2.17. The van der Waals surface area contributed by atoms with Crippen LogP contribution in [-0.2, 0) is 11.3 Å². The van der Waals surface area contributed by atoms with Gasteiger partial charge in [0.2, 0.25) is 0 Å². The fourth-order valence-electron chi connectivity index (χ4n) is 3.63. The third kappa shape index (κ3) is 7.68. The van der Waals surface area contributed by atoms with Gasteiger partial charge in [-0.05, 0) is 53.6 Å². The molecule has 0 aliphatic rings. The molecule has 0 spiro atoms. The maximum atomic E-state index is 13.0. The monoisotopic (exact) mass is 526 g/mol. The largest absolute Gasteiger partial charge is 0.481 e. The first-order chi connectivity index (χ1) is 18.5. The summed E-state index contributed by atoms with van der Waals surface area (Å²) in [6.45, 7) is 0.401. The van der Waals surface area contributed by atoms with Crippen LogP contribution in [0.15, 0.2) is 108 Å². The van der Waals surface area contributed by atoms with Gasteiger partial charge >= 0.3 is 12.0 Å². The first kappa shape index (κ1) is 26.4. The highest BCUT2D eigenvalue weighted by Crippen LogP contribution is 2.41. The highest BCUT2D eigenvalue weighted by Gasteiger charge is 2.19. The first-order valence-corrected chi connectivity index (χ1v) is 12.7. The molecule has 3 aromatic carbocycles. The van der Waals surface area contributed by atoms with Gasteiger partial charge in [0.1, 0.15) is 0 Å². The minimum Gasteiger partial charge on any atom is -0.481 e. The molecule has 9 heteroatoms. The molecule has 1 atom stereocenters. The van der Waals surface area contributed by atoms with Crippen LogP contribution in [0.3, 0.4) is 0 Å². The molecule has 8 nitrogen and oxygen atoms in total. The van der Waals surface area contributed by atoms with Crippen molar-refractivity contribution in [2.75, 3.05) is 10.6 Å². The molecule has 0 saturated heterocycles. The van der Waals surface area contributed by atoms with Crippen LogP contribution in [0.4, 0.5) is 16.2 Å². The predicted molar refractivity (Wildman–Crippen MR) is 148 cm³/mol. The van der Waals surface area contributed by atoms with E-state index in [0.717, 1.165) is 16.0 Å². The lowest BCUT2D eigenvalue weighted by Crippen LogP contribution is -2.28. The lowest BCUT2D eigenvalue weighted by atomic mass is 10.1. The standard InChI is InChI=1S/C29H26N4O4S/c34-27(35)17-26(22-9-6-16-30-19-22)38-25-11-5-4-10-24(25)33-28(36)21-12-14-23(15-13-21)32-29(37)31-18-20-7-2-1-3-8-20/h1-16,19,26H,17-18H2,(H,33,36)(H,34,35)(H2,31,32,37). The highest BCUT2D eigenvalue weighted by atomic mass is 32.2. The molecule has 1 unspecified atom stereocenters. The van der Waals surface area contributed by atoms with Crippen LogP contribution in [0.1, 0.15) is 33.2 Å². The van der Waals surface area contributed by atoms with Gasteiger partial charge in [-0.2, -0.15) is 0 Å². The Kier molecular flexibility index (Phi) is 9.09. The van der Waals surface area contributed by atoms with Crippen molar-refractivity contribution in [3.63, 3.8) is 0 Å². The van der Waals surface area contributed by atoms with E-state index in [1.165, 1.54) is 11.8 Å². The van der Waals surface area contributed by atoms with Gasteiger partial charge in [-0.15, -0.1) is 11.8 Å². The van der Waals surface area contributed by atoms with Gasteiger partial charge in [-0.1, -0.05) is 48.5 Å². The zero-order chi connectivity index (χ0) is 26.7. The number of benzene rings is 3. The molecule has 0 aliphatic heterocycles. The van der Waals surface area contributed by atoms with E-state index in [0.29, 0.717) is 23.5 Å². The number of pyridine rings is 1. The van der Waals surface area contributed by atoms with Crippen molar-refractivity contribution >= 4 is 41.0 Å². The summed E-state index contributed by atoms with van der Waals surface area (Å²) in [6.07, 6.45) is 3.20. The van der Waals surface area contributed by atoms with Crippen molar-refractivity contribution in [1.82, 2.24) is 10.3 Å². The smallest absolute Gasteiger partial charge is 0.319 e. The molecule has 4 N–H and O–H groups in total. The van der Waals surface area contributed by atoms with Crippen molar-refractivity contribution in [2.24, 2.45) is 0 Å². The van der Waals surface area contributed by atoms with Gasteiger partial charge in [0.15, 0.2) is 0 Å². The van der Waals surface area contributed by atoms with Gasteiger partial charge in [-0.25, -0.2) is 4.79 Å². The summed E-state index contributed by atoms with van der Waals surface area (Å²) in [6, 6.07) is 26.7. The highest BCUT2D eigenvalue weighted by molar-refractivity contribution is 7.99. The van der Waals surface area contributed by atoms with Gasteiger partial charge in [-0.3, -0.25) is 14.6 Å². The number of aromatic nitrogens is 1. The fourth-order valence-corrected chi connectivity index (χ4v) is 4.84. The molecule has 0 bridgehead atoms. The van der Waals surface area contributed by atoms with Crippen molar-refractivity contribution in [3.8, 4) is 0 Å². The number of para-hydroxylation sites is 1. The van der Waals surface area contributed by atoms with E-state index in [2.05, 4.69) is 20.9 Å². The molecule has 1 heterocycles. The SMILES string of the molecule is O=C(O)CC(Sc1ccccc1NC(=O)c1ccc(NC(=O)NCc2ccccc2)cc1)c1cccnc1. The number of carboxylic acid groups (broad SMARTS) is 1. The van der Waals surface area contributed by atoms with Crippen LogP contribution in [0.2, 0.25) is 0 Å². The van der Waals surface area contributed by atoms with E-state index >= 15 is 0 Å². The third-order valence-corrected chi connectivity index (χ3v) is 6.85. The number of carbonyl (C=O) groups excluding carboxylic acids is 2. The molecule has 4 rings (SSSR count). The van der Waals surface area contributed by atoms with Crippen LogP contribution in [0.25, 0.3) is 0 Å². The van der Waals surface area contributed by atoms with Crippen molar-refractivity contribution < 1.29 is 19.5 Å². The Morgan fingerprint density at radius 2 is 1.58 bits per heavy atom. The number of amides is 3. The molecular formula is C29H26N4O4S. The average Bonchev–Trinajstić information content (AvgIpc) is 2.94. The Morgan fingerprint density at radius 3 is 2.29 bits per heavy atom. The third-order valence-electron chi connectivity index (χ3n) is 5.52. The van der Waals surface area contributed by atoms with E-state index < -0.39 is 5.97 Å². The van der Waals surface area contributed by atoms with E-state index in [9.17, 15) is 19.5 Å².